The van der Waals surface area contributed by atoms with Crippen LogP contribution >= 0.6 is 0 Å². The number of hydrogen-bond acceptors (Lipinski definition) is 2. The molecule has 0 radical (unpaired) electrons. The number of imidazole rings is 1. The minimum atomic E-state index is 0.857. The molecule has 38 heavy (non-hydrogen) atoms. The van der Waals surface area contributed by atoms with Gasteiger partial charge in [-0.1, -0.05) is 85.8 Å². The van der Waals surface area contributed by atoms with E-state index in [2.05, 4.69) is 103 Å². The molecule has 2 aliphatic rings. The molecule has 3 nitrogen and oxygen atoms in total. The molecule has 0 unspecified atom stereocenters. The van der Waals surface area contributed by atoms with Crippen LogP contribution in [-0.2, 0) is 6.42 Å². The summed E-state index contributed by atoms with van der Waals surface area (Å²) in [5.74, 6) is 2.78. The summed E-state index contributed by atoms with van der Waals surface area (Å²) < 4.78 is 8.81. The minimum absolute atomic E-state index is 0.857. The van der Waals surface area contributed by atoms with Crippen molar-refractivity contribution in [2.45, 2.75) is 26.2 Å². The van der Waals surface area contributed by atoms with Crippen LogP contribution in [0.1, 0.15) is 31.2 Å². The first-order valence-corrected chi connectivity index (χ1v) is 13.5. The molecule has 0 atom stereocenters. The molecule has 1 aliphatic heterocycles. The fourth-order valence-electron chi connectivity index (χ4n) is 6.33. The van der Waals surface area contributed by atoms with Crippen molar-refractivity contribution < 1.29 is 4.74 Å². The van der Waals surface area contributed by atoms with E-state index < -0.39 is 0 Å². The Morgan fingerprint density at radius 2 is 1.50 bits per heavy atom. The summed E-state index contributed by atoms with van der Waals surface area (Å²) in [6, 6.07) is 30.5. The predicted molar refractivity (Wildman–Crippen MR) is 157 cm³/mol. The Morgan fingerprint density at radius 1 is 0.763 bits per heavy atom. The molecule has 2 heterocycles. The van der Waals surface area contributed by atoms with Crippen LogP contribution in [0.5, 0.6) is 11.5 Å². The zero-order valence-corrected chi connectivity index (χ0v) is 21.2. The van der Waals surface area contributed by atoms with Crippen molar-refractivity contribution in [1.29, 1.82) is 0 Å². The summed E-state index contributed by atoms with van der Waals surface area (Å²) in [6.07, 6.45) is 10.0. The van der Waals surface area contributed by atoms with Gasteiger partial charge in [0.25, 0.3) is 0 Å². The zero-order chi connectivity index (χ0) is 25.2. The van der Waals surface area contributed by atoms with E-state index in [4.69, 9.17) is 9.72 Å². The van der Waals surface area contributed by atoms with E-state index in [1.54, 1.807) is 0 Å². The summed E-state index contributed by atoms with van der Waals surface area (Å²) in [5, 5.41) is 5.09. The summed E-state index contributed by atoms with van der Waals surface area (Å²) in [6.45, 7) is 2.16. The summed E-state index contributed by atoms with van der Waals surface area (Å²) >= 11 is 0. The number of benzene rings is 5. The Hall–Kier alpha value is -4.63. The first kappa shape index (κ1) is 21.5. The van der Waals surface area contributed by atoms with Gasteiger partial charge in [-0.25, -0.2) is 4.98 Å². The molecule has 0 saturated heterocycles. The van der Waals surface area contributed by atoms with Crippen molar-refractivity contribution in [1.82, 2.24) is 9.55 Å². The first-order valence-electron chi connectivity index (χ1n) is 13.5. The molecule has 0 saturated carbocycles. The highest BCUT2D eigenvalue weighted by atomic mass is 16.5. The van der Waals surface area contributed by atoms with Crippen LogP contribution in [0.3, 0.4) is 0 Å². The Morgan fingerprint density at radius 3 is 2.18 bits per heavy atom. The summed E-state index contributed by atoms with van der Waals surface area (Å²) in [5.41, 5.74) is 8.13. The van der Waals surface area contributed by atoms with E-state index in [0.717, 1.165) is 58.9 Å². The maximum atomic E-state index is 6.53. The minimum Gasteiger partial charge on any atom is -0.453 e. The molecule has 0 N–H and O–H groups in total. The first-order chi connectivity index (χ1) is 18.8. The van der Waals surface area contributed by atoms with E-state index in [1.807, 2.05) is 12.1 Å². The van der Waals surface area contributed by atoms with Gasteiger partial charge in [0, 0.05) is 6.42 Å². The number of hydrogen-bond donors (Lipinski definition) is 0. The number of para-hydroxylation sites is 1. The highest BCUT2D eigenvalue weighted by Gasteiger charge is 2.25. The van der Waals surface area contributed by atoms with Crippen molar-refractivity contribution in [3.8, 4) is 28.3 Å². The zero-order valence-electron chi connectivity index (χ0n) is 21.2. The largest absolute Gasteiger partial charge is 0.453 e. The van der Waals surface area contributed by atoms with Gasteiger partial charge in [-0.2, -0.15) is 0 Å². The Kier molecular flexibility index (Phi) is 4.62. The number of nitrogens with zero attached hydrogens (tertiary/aromatic N) is 2. The molecule has 6 aromatic rings. The lowest BCUT2D eigenvalue weighted by Gasteiger charge is -2.23. The van der Waals surface area contributed by atoms with Gasteiger partial charge >= 0.3 is 0 Å². The van der Waals surface area contributed by atoms with Crippen LogP contribution in [0.15, 0.2) is 103 Å². The third kappa shape index (κ3) is 2.99. The molecular formula is C35H26N2O. The lowest BCUT2D eigenvalue weighted by atomic mass is 9.84. The van der Waals surface area contributed by atoms with Crippen molar-refractivity contribution in [3.05, 3.63) is 115 Å². The quantitative estimate of drug-likeness (QED) is 0.231. The average molecular weight is 491 g/mol. The normalized spacial score (nSPS) is 14.1. The molecule has 3 heteroatoms. The molecule has 0 spiro atoms. The molecule has 182 valence electrons. The van der Waals surface area contributed by atoms with Crippen LogP contribution in [-0.4, -0.2) is 9.55 Å². The molecule has 5 aromatic carbocycles. The van der Waals surface area contributed by atoms with Gasteiger partial charge in [0.1, 0.15) is 11.3 Å². The lowest BCUT2D eigenvalue weighted by molar-refractivity contribution is 0.474. The third-order valence-corrected chi connectivity index (χ3v) is 7.95. The van der Waals surface area contributed by atoms with Crippen LogP contribution in [0.25, 0.3) is 55.0 Å². The van der Waals surface area contributed by atoms with Gasteiger partial charge in [-0.05, 0) is 80.9 Å². The van der Waals surface area contributed by atoms with Gasteiger partial charge in [0.2, 0.25) is 0 Å². The van der Waals surface area contributed by atoms with Crippen molar-refractivity contribution in [3.63, 3.8) is 0 Å². The van der Waals surface area contributed by atoms with Crippen LogP contribution in [0.4, 0.5) is 0 Å². The smallest absolute Gasteiger partial charge is 0.153 e. The Bertz CT molecular complexity index is 1930. The molecule has 0 bridgehead atoms. The highest BCUT2D eigenvalue weighted by molar-refractivity contribution is 6.19. The number of ether oxygens (including phenoxy) is 1. The topological polar surface area (TPSA) is 27.1 Å². The van der Waals surface area contributed by atoms with E-state index in [9.17, 15) is 0 Å². The van der Waals surface area contributed by atoms with E-state index in [0.29, 0.717) is 0 Å². The second-order valence-corrected chi connectivity index (χ2v) is 10.1. The second-order valence-electron chi connectivity index (χ2n) is 10.1. The molecule has 0 amide bonds. The van der Waals surface area contributed by atoms with Gasteiger partial charge in [0.15, 0.2) is 11.5 Å². The monoisotopic (exact) mass is 490 g/mol. The van der Waals surface area contributed by atoms with Crippen LogP contribution < -0.4 is 4.74 Å². The van der Waals surface area contributed by atoms with Gasteiger partial charge in [-0.15, -0.1) is 0 Å². The summed E-state index contributed by atoms with van der Waals surface area (Å²) in [4.78, 5) is 4.89. The van der Waals surface area contributed by atoms with Gasteiger partial charge in [0.05, 0.1) is 11.2 Å². The van der Waals surface area contributed by atoms with Crippen molar-refractivity contribution in [2.75, 3.05) is 0 Å². The van der Waals surface area contributed by atoms with E-state index in [1.165, 1.54) is 38.2 Å². The number of aromatic nitrogens is 2. The van der Waals surface area contributed by atoms with Crippen molar-refractivity contribution in [2.24, 2.45) is 0 Å². The molecule has 1 aliphatic carbocycles. The predicted octanol–water partition coefficient (Wildman–Crippen LogP) is 9.40. The number of rotatable bonds is 3. The Balaban J connectivity index is 1.42. The highest BCUT2D eigenvalue weighted by Crippen LogP contribution is 2.46. The van der Waals surface area contributed by atoms with E-state index >= 15 is 0 Å². The molecule has 1 aromatic heterocycles. The van der Waals surface area contributed by atoms with Crippen molar-refractivity contribution >= 4 is 38.2 Å². The van der Waals surface area contributed by atoms with Crippen LogP contribution in [0, 0.1) is 0 Å². The number of allylic oxidation sites excluding steroid dienone is 4. The lowest BCUT2D eigenvalue weighted by Crippen LogP contribution is -2.07. The maximum Gasteiger partial charge on any atom is 0.153 e. The molecular weight excluding hydrogens is 464 g/mol. The van der Waals surface area contributed by atoms with Crippen LogP contribution in [0.2, 0.25) is 0 Å². The standard InChI is InChI=1S/C35H26N2O/c1-2-32-36-28-17-10-18-30-35(28)37(32)29-20-19-23(21-31(29)38-30)34-26-15-8-6-13-24(26)33(22-11-4-3-5-12-22)25-14-7-9-16-27(25)34/h4,6-21H,2-3,5H2,1H3. The Labute approximate surface area is 221 Å². The third-order valence-electron chi connectivity index (χ3n) is 7.95. The van der Waals surface area contributed by atoms with E-state index in [-0.39, 0.29) is 0 Å². The van der Waals surface area contributed by atoms with Gasteiger partial charge < -0.3 is 4.74 Å². The SMILES string of the molecule is CCc1nc2cccc3c2n1-c1ccc(-c2c4ccccc4c(C4=CCCC=C4)c4ccccc24)cc1O3. The van der Waals surface area contributed by atoms with Gasteiger partial charge in [-0.3, -0.25) is 4.57 Å². The fraction of sp³-hybridized carbons (Fsp3) is 0.114. The maximum absolute atomic E-state index is 6.53. The summed E-state index contributed by atoms with van der Waals surface area (Å²) in [7, 11) is 0. The number of aryl methyl sites for hydroxylation is 1. The molecule has 0 fully saturated rings. The number of fused-ring (bicyclic) bond motifs is 4. The average Bonchev–Trinajstić information content (AvgIpc) is 3.36. The second kappa shape index (κ2) is 8.19. The molecule has 8 rings (SSSR count). The fourth-order valence-corrected chi connectivity index (χ4v) is 6.33.